The Morgan fingerprint density at radius 3 is 2.40 bits per heavy atom. The summed E-state index contributed by atoms with van der Waals surface area (Å²) in [4.78, 5) is 0. The van der Waals surface area contributed by atoms with Gasteiger partial charge in [-0.15, -0.1) is 0 Å². The Bertz CT molecular complexity index is 342. The molecule has 1 rings (SSSR count). The van der Waals surface area contributed by atoms with Crippen LogP contribution >= 0.6 is 10.2 Å². The molecule has 0 aliphatic carbocycles. The van der Waals surface area contributed by atoms with Crippen LogP contribution in [0.2, 0.25) is 0 Å². The zero-order chi connectivity index (χ0) is 11.5. The van der Waals surface area contributed by atoms with E-state index in [4.69, 9.17) is 0 Å². The lowest BCUT2D eigenvalue weighted by Crippen LogP contribution is -2.19. The fourth-order valence-corrected chi connectivity index (χ4v) is 2.66. The van der Waals surface area contributed by atoms with Crippen LogP contribution in [0.4, 0.5) is 0 Å². The quantitative estimate of drug-likeness (QED) is 0.756. The van der Waals surface area contributed by atoms with Crippen LogP contribution in [-0.2, 0) is 5.75 Å². The molecule has 0 aliphatic heterocycles. The fraction of sp³-hybridized carbons (Fsp3) is 0.385. The summed E-state index contributed by atoms with van der Waals surface area (Å²) in [7, 11) is 3.62. The van der Waals surface area contributed by atoms with Crippen LogP contribution in [-0.4, -0.2) is 30.9 Å². The predicted octanol–water partition coefficient (Wildman–Crippen LogP) is 3.37. The van der Waals surface area contributed by atoms with Crippen molar-refractivity contribution in [2.24, 2.45) is 0 Å². The molecule has 0 saturated heterocycles. The highest BCUT2D eigenvalue weighted by molar-refractivity contribution is 8.30. The summed E-state index contributed by atoms with van der Waals surface area (Å²) < 4.78 is 2.34. The first-order chi connectivity index (χ1) is 6.97. The van der Waals surface area contributed by atoms with Gasteiger partial charge in [0, 0.05) is 5.75 Å². The van der Waals surface area contributed by atoms with Gasteiger partial charge in [-0.3, -0.25) is 4.31 Å². The Hall–Kier alpha value is -0.730. The van der Waals surface area contributed by atoms with E-state index < -0.39 is 10.2 Å². The lowest BCUT2D eigenvalue weighted by atomic mass is 10.1. The summed E-state index contributed by atoms with van der Waals surface area (Å²) in [5, 5.41) is 0. The Morgan fingerprint density at radius 1 is 1.27 bits per heavy atom. The van der Waals surface area contributed by atoms with Gasteiger partial charge in [0.05, 0.1) is 0 Å². The van der Waals surface area contributed by atoms with Crippen molar-refractivity contribution in [3.63, 3.8) is 0 Å². The molecule has 1 nitrogen and oxygen atoms in total. The lowest BCUT2D eigenvalue weighted by molar-refractivity contribution is 0.682. The van der Waals surface area contributed by atoms with Crippen LogP contribution in [0.25, 0.3) is 6.08 Å². The van der Waals surface area contributed by atoms with E-state index in [0.717, 1.165) is 5.75 Å². The second kappa shape index (κ2) is 4.86. The first kappa shape index (κ1) is 12.3. The van der Waals surface area contributed by atoms with Gasteiger partial charge in [-0.1, -0.05) is 36.9 Å². The summed E-state index contributed by atoms with van der Waals surface area (Å²) in [6, 6.07) is 8.51. The largest absolute Gasteiger partial charge is 0.274 e. The number of rotatable bonds is 4. The molecule has 15 heavy (non-hydrogen) atoms. The maximum absolute atomic E-state index is 3.86. The second-order valence-corrected chi connectivity index (χ2v) is 8.32. The molecular formula is C13H21NS. The molecule has 0 unspecified atom stereocenters. The van der Waals surface area contributed by atoms with E-state index in [1.54, 1.807) is 0 Å². The van der Waals surface area contributed by atoms with E-state index >= 15 is 0 Å². The van der Waals surface area contributed by atoms with Gasteiger partial charge in [-0.05, 0) is 37.7 Å². The van der Waals surface area contributed by atoms with Crippen molar-refractivity contribution in [1.29, 1.82) is 0 Å². The van der Waals surface area contributed by atoms with Crippen LogP contribution in [0.1, 0.15) is 11.1 Å². The van der Waals surface area contributed by atoms with Crippen LogP contribution in [0.5, 0.6) is 0 Å². The lowest BCUT2D eigenvalue weighted by Gasteiger charge is -2.39. The molecule has 84 valence electrons. The zero-order valence-corrected chi connectivity index (χ0v) is 11.0. The van der Waals surface area contributed by atoms with Gasteiger partial charge in [-0.2, -0.15) is 10.2 Å². The van der Waals surface area contributed by atoms with Gasteiger partial charge in [0.1, 0.15) is 0 Å². The van der Waals surface area contributed by atoms with Gasteiger partial charge in [-0.25, -0.2) is 0 Å². The number of hydrogen-bond donors (Lipinski definition) is 0. The van der Waals surface area contributed by atoms with E-state index in [0.29, 0.717) is 0 Å². The third-order valence-electron chi connectivity index (χ3n) is 2.77. The third kappa shape index (κ3) is 3.11. The predicted molar refractivity (Wildman–Crippen MR) is 73.4 cm³/mol. The normalized spacial score (nSPS) is 12.9. The molecule has 0 aromatic heterocycles. The van der Waals surface area contributed by atoms with Crippen LogP contribution in [0.3, 0.4) is 0 Å². The maximum atomic E-state index is 3.86. The molecule has 0 fully saturated rings. The fourth-order valence-electron chi connectivity index (χ4n) is 1.37. The summed E-state index contributed by atoms with van der Waals surface area (Å²) in [6.45, 7) is 3.86. The molecule has 0 atom stereocenters. The number of nitrogens with zero attached hydrogens (tertiary/aromatic N) is 1. The van der Waals surface area contributed by atoms with E-state index in [2.05, 4.69) is 61.8 Å². The monoisotopic (exact) mass is 223 g/mol. The second-order valence-electron chi connectivity index (χ2n) is 4.34. The van der Waals surface area contributed by atoms with Gasteiger partial charge in [0.2, 0.25) is 0 Å². The van der Waals surface area contributed by atoms with Crippen LogP contribution in [0.15, 0.2) is 30.8 Å². The summed E-state index contributed by atoms with van der Waals surface area (Å²) >= 11 is 0. The molecule has 0 heterocycles. The number of benzene rings is 1. The Balaban J connectivity index is 2.94. The molecule has 0 aliphatic rings. The highest BCUT2D eigenvalue weighted by Crippen LogP contribution is 2.45. The van der Waals surface area contributed by atoms with Gasteiger partial charge in [0.25, 0.3) is 0 Å². The third-order valence-corrected chi connectivity index (χ3v) is 5.77. The molecule has 1 aromatic rings. The standard InChI is InChI=1S/C13H21NS/c1-6-12-9-7-8-10-13(12)11-15(4,5)14(2)3/h6-10H,1,11H2,2-5H3. The Kier molecular flexibility index (Phi) is 4.00. The van der Waals surface area contributed by atoms with Crippen LogP contribution in [0, 0.1) is 0 Å². The van der Waals surface area contributed by atoms with Crippen molar-refractivity contribution < 1.29 is 0 Å². The summed E-state index contributed by atoms with van der Waals surface area (Å²) in [5.74, 6) is 1.13. The van der Waals surface area contributed by atoms with Crippen molar-refractivity contribution in [3.8, 4) is 0 Å². The van der Waals surface area contributed by atoms with Crippen molar-refractivity contribution in [2.45, 2.75) is 5.75 Å². The minimum Gasteiger partial charge on any atom is -0.274 e. The minimum absolute atomic E-state index is 0.698. The average Bonchev–Trinajstić information content (AvgIpc) is 2.18. The molecule has 0 N–H and O–H groups in total. The molecule has 0 spiro atoms. The molecule has 0 amide bonds. The Morgan fingerprint density at radius 2 is 1.87 bits per heavy atom. The summed E-state index contributed by atoms with van der Waals surface area (Å²) in [5.41, 5.74) is 2.67. The topological polar surface area (TPSA) is 3.24 Å². The molecular weight excluding hydrogens is 202 g/mol. The average molecular weight is 223 g/mol. The van der Waals surface area contributed by atoms with Crippen molar-refractivity contribution >= 4 is 16.3 Å². The SMILES string of the molecule is C=Cc1ccccc1CS(C)(C)N(C)C. The van der Waals surface area contributed by atoms with E-state index in [1.165, 1.54) is 11.1 Å². The molecule has 0 saturated carbocycles. The van der Waals surface area contributed by atoms with Crippen molar-refractivity contribution in [1.82, 2.24) is 4.31 Å². The molecule has 0 bridgehead atoms. The highest BCUT2D eigenvalue weighted by atomic mass is 32.3. The van der Waals surface area contributed by atoms with Gasteiger partial charge in [0.15, 0.2) is 0 Å². The minimum atomic E-state index is -0.698. The molecule has 0 radical (unpaired) electrons. The number of hydrogen-bond acceptors (Lipinski definition) is 1. The van der Waals surface area contributed by atoms with E-state index in [-0.39, 0.29) is 0 Å². The van der Waals surface area contributed by atoms with Gasteiger partial charge >= 0.3 is 0 Å². The van der Waals surface area contributed by atoms with E-state index in [1.807, 2.05) is 6.08 Å². The van der Waals surface area contributed by atoms with Crippen molar-refractivity contribution in [2.75, 3.05) is 26.6 Å². The smallest absolute Gasteiger partial charge is 0.0145 e. The molecule has 2 heteroatoms. The molecule has 1 aromatic carbocycles. The zero-order valence-electron chi connectivity index (χ0n) is 10.2. The van der Waals surface area contributed by atoms with E-state index in [9.17, 15) is 0 Å². The van der Waals surface area contributed by atoms with Crippen molar-refractivity contribution in [3.05, 3.63) is 42.0 Å². The Labute approximate surface area is 95.3 Å². The van der Waals surface area contributed by atoms with Crippen LogP contribution < -0.4 is 0 Å². The maximum Gasteiger partial charge on any atom is 0.0145 e. The first-order valence-electron chi connectivity index (χ1n) is 5.06. The van der Waals surface area contributed by atoms with Gasteiger partial charge < -0.3 is 0 Å². The first-order valence-corrected chi connectivity index (χ1v) is 7.64. The summed E-state index contributed by atoms with van der Waals surface area (Å²) in [6.07, 6.45) is 6.63. The highest BCUT2D eigenvalue weighted by Gasteiger charge is 2.15.